The van der Waals surface area contributed by atoms with E-state index in [0.717, 1.165) is 50.9 Å². The Bertz CT molecular complexity index is 1410. The second kappa shape index (κ2) is 8.04. The minimum absolute atomic E-state index is 0.000260. The maximum Gasteiger partial charge on any atom is 0.223 e. The van der Waals surface area contributed by atoms with E-state index >= 15 is 0 Å². The van der Waals surface area contributed by atoms with Gasteiger partial charge in [0.05, 0.1) is 36.2 Å². The number of benzene rings is 1. The Morgan fingerprint density at radius 1 is 1.23 bits per heavy atom. The van der Waals surface area contributed by atoms with Gasteiger partial charge in [-0.05, 0) is 45.1 Å². The van der Waals surface area contributed by atoms with Crippen molar-refractivity contribution in [3.8, 4) is 5.75 Å². The summed E-state index contributed by atoms with van der Waals surface area (Å²) in [5, 5.41) is 20.5. The lowest BCUT2D eigenvalue weighted by molar-refractivity contribution is 0.0222. The number of aromatic nitrogens is 6. The van der Waals surface area contributed by atoms with Crippen molar-refractivity contribution in [2.24, 2.45) is 0 Å². The summed E-state index contributed by atoms with van der Waals surface area (Å²) >= 11 is 0. The molecule has 6 rings (SSSR count). The smallest absolute Gasteiger partial charge is 0.223 e. The zero-order chi connectivity index (χ0) is 24.3. The Hall–Kier alpha value is -3.47. The van der Waals surface area contributed by atoms with Gasteiger partial charge in [0, 0.05) is 36.7 Å². The molecule has 10 nitrogen and oxygen atoms in total. The summed E-state index contributed by atoms with van der Waals surface area (Å²) < 4.78 is 22.9. The van der Waals surface area contributed by atoms with Gasteiger partial charge in [-0.3, -0.25) is 4.68 Å². The fourth-order valence-corrected chi connectivity index (χ4v) is 5.61. The molecule has 1 aliphatic heterocycles. The molecule has 1 saturated heterocycles. The van der Waals surface area contributed by atoms with E-state index < -0.39 is 11.4 Å². The molecule has 1 aromatic carbocycles. The van der Waals surface area contributed by atoms with E-state index in [-0.39, 0.29) is 23.7 Å². The number of anilines is 2. The maximum atomic E-state index is 14.4. The predicted octanol–water partition coefficient (Wildman–Crippen LogP) is 3.06. The SMILES string of the molecule is COc1cc2nc(N)n3nc([C@@H]4CCCN(c5cnn([C@@H]6CCC[C@]6(C)O)c5)C4)nc3c2cc1F. The van der Waals surface area contributed by atoms with Crippen LogP contribution in [0, 0.1) is 5.82 Å². The van der Waals surface area contributed by atoms with E-state index in [1.165, 1.54) is 23.8 Å². The maximum absolute atomic E-state index is 14.4. The minimum Gasteiger partial charge on any atom is -0.494 e. The number of methoxy groups -OCH3 is 1. The van der Waals surface area contributed by atoms with Gasteiger partial charge in [-0.1, -0.05) is 0 Å². The van der Waals surface area contributed by atoms with E-state index in [9.17, 15) is 9.50 Å². The molecular weight excluding hydrogens is 451 g/mol. The van der Waals surface area contributed by atoms with Gasteiger partial charge in [-0.15, -0.1) is 5.10 Å². The van der Waals surface area contributed by atoms with Crippen molar-refractivity contribution in [1.82, 2.24) is 29.4 Å². The Kier molecular flexibility index (Phi) is 5.06. The number of ether oxygens (including phenoxy) is 1. The molecule has 35 heavy (non-hydrogen) atoms. The summed E-state index contributed by atoms with van der Waals surface area (Å²) in [6.07, 6.45) is 8.55. The van der Waals surface area contributed by atoms with Gasteiger partial charge in [-0.2, -0.15) is 9.61 Å². The molecule has 4 aromatic rings. The van der Waals surface area contributed by atoms with Crippen molar-refractivity contribution in [3.05, 3.63) is 36.2 Å². The first-order chi connectivity index (χ1) is 16.8. The first-order valence-corrected chi connectivity index (χ1v) is 12.0. The summed E-state index contributed by atoms with van der Waals surface area (Å²) in [6.45, 7) is 3.54. The Labute approximate surface area is 201 Å². The number of halogens is 1. The highest BCUT2D eigenvalue weighted by Crippen LogP contribution is 2.39. The van der Waals surface area contributed by atoms with E-state index in [1.807, 2.05) is 24.0 Å². The average Bonchev–Trinajstić information content (AvgIpc) is 3.57. The summed E-state index contributed by atoms with van der Waals surface area (Å²) in [7, 11) is 1.41. The average molecular weight is 481 g/mol. The number of hydrogen-bond acceptors (Lipinski definition) is 8. The lowest BCUT2D eigenvalue weighted by Crippen LogP contribution is -2.35. The van der Waals surface area contributed by atoms with Crippen LogP contribution in [0.25, 0.3) is 16.6 Å². The van der Waals surface area contributed by atoms with Crippen LogP contribution in [-0.2, 0) is 0 Å². The van der Waals surface area contributed by atoms with Crippen LogP contribution in [-0.4, -0.2) is 60.3 Å². The van der Waals surface area contributed by atoms with Crippen molar-refractivity contribution >= 4 is 28.2 Å². The molecule has 4 heterocycles. The molecule has 0 spiro atoms. The molecule has 0 radical (unpaired) electrons. The number of aliphatic hydroxyl groups is 1. The molecule has 2 fully saturated rings. The van der Waals surface area contributed by atoms with Crippen LogP contribution in [0.5, 0.6) is 5.75 Å². The number of nitrogens with zero attached hydrogens (tertiary/aromatic N) is 7. The van der Waals surface area contributed by atoms with Gasteiger partial charge in [0.15, 0.2) is 23.0 Å². The summed E-state index contributed by atoms with van der Waals surface area (Å²) in [4.78, 5) is 11.4. The van der Waals surface area contributed by atoms with Gasteiger partial charge in [0.1, 0.15) is 0 Å². The molecule has 3 atom stereocenters. The summed E-state index contributed by atoms with van der Waals surface area (Å²) in [5.74, 6) is 0.561. The predicted molar refractivity (Wildman–Crippen MR) is 129 cm³/mol. The number of rotatable bonds is 4. The van der Waals surface area contributed by atoms with Crippen LogP contribution >= 0.6 is 0 Å². The van der Waals surface area contributed by atoms with Crippen LogP contribution in [0.3, 0.4) is 0 Å². The van der Waals surface area contributed by atoms with Crippen LogP contribution in [0.1, 0.15) is 56.8 Å². The van der Waals surface area contributed by atoms with Crippen LogP contribution in [0.15, 0.2) is 24.5 Å². The topological polar surface area (TPSA) is 120 Å². The minimum atomic E-state index is -0.728. The molecular formula is C24H29FN8O2. The van der Waals surface area contributed by atoms with Crippen molar-refractivity contribution in [3.63, 3.8) is 0 Å². The molecule has 3 aromatic heterocycles. The standard InChI is InChI=1S/C24H29FN8O2/c1-24(34)7-3-6-20(24)32-13-15(11-27-32)31-8-4-5-14(12-31)21-29-22-16-9-17(25)19(35-2)10-18(16)28-23(26)33(22)30-21/h9-11,13-14,20,34H,3-8,12H2,1-2H3,(H2,26,28)/t14-,20-,24+/m1/s1. The number of nitrogen functional groups attached to an aromatic ring is 1. The van der Waals surface area contributed by atoms with Crippen LogP contribution < -0.4 is 15.4 Å². The molecule has 1 aliphatic carbocycles. The molecule has 0 bridgehead atoms. The number of piperidine rings is 1. The molecule has 11 heteroatoms. The van der Waals surface area contributed by atoms with Gasteiger partial charge >= 0.3 is 0 Å². The lowest BCUT2D eigenvalue weighted by atomic mass is 9.97. The number of fused-ring (bicyclic) bond motifs is 3. The Morgan fingerprint density at radius 2 is 2.09 bits per heavy atom. The third-order valence-electron chi connectivity index (χ3n) is 7.52. The molecule has 0 unspecified atom stereocenters. The Morgan fingerprint density at radius 3 is 2.86 bits per heavy atom. The Balaban J connectivity index is 1.30. The van der Waals surface area contributed by atoms with Gasteiger partial charge in [0.2, 0.25) is 5.95 Å². The highest BCUT2D eigenvalue weighted by molar-refractivity contribution is 5.93. The first-order valence-electron chi connectivity index (χ1n) is 12.0. The summed E-state index contributed by atoms with van der Waals surface area (Å²) in [5.41, 5.74) is 7.46. The third-order valence-corrected chi connectivity index (χ3v) is 7.52. The van der Waals surface area contributed by atoms with E-state index in [4.69, 9.17) is 15.5 Å². The fourth-order valence-electron chi connectivity index (χ4n) is 5.61. The van der Waals surface area contributed by atoms with Crippen molar-refractivity contribution < 1.29 is 14.2 Å². The number of hydrogen-bond donors (Lipinski definition) is 2. The monoisotopic (exact) mass is 480 g/mol. The van der Waals surface area contributed by atoms with Crippen molar-refractivity contribution in [1.29, 1.82) is 0 Å². The van der Waals surface area contributed by atoms with Gasteiger partial charge in [0.25, 0.3) is 0 Å². The summed E-state index contributed by atoms with van der Waals surface area (Å²) in [6, 6.07) is 2.89. The molecule has 184 valence electrons. The molecule has 3 N–H and O–H groups in total. The van der Waals surface area contributed by atoms with Gasteiger partial charge in [-0.25, -0.2) is 14.4 Å². The molecule has 2 aliphatic rings. The van der Waals surface area contributed by atoms with Crippen LogP contribution in [0.4, 0.5) is 16.0 Å². The highest BCUT2D eigenvalue weighted by atomic mass is 19.1. The van der Waals surface area contributed by atoms with Crippen molar-refractivity contribution in [2.75, 3.05) is 30.8 Å². The van der Waals surface area contributed by atoms with E-state index in [2.05, 4.69) is 20.1 Å². The normalized spacial score (nSPS) is 25.1. The van der Waals surface area contributed by atoms with Crippen LogP contribution in [0.2, 0.25) is 0 Å². The van der Waals surface area contributed by atoms with Gasteiger partial charge < -0.3 is 20.5 Å². The fraction of sp³-hybridized carbons (Fsp3) is 0.500. The van der Waals surface area contributed by atoms with E-state index in [0.29, 0.717) is 22.4 Å². The molecule has 0 amide bonds. The number of nitrogens with two attached hydrogens (primary N) is 1. The largest absolute Gasteiger partial charge is 0.494 e. The first kappa shape index (κ1) is 22.0. The zero-order valence-corrected chi connectivity index (χ0v) is 19.9. The zero-order valence-electron chi connectivity index (χ0n) is 19.9. The third kappa shape index (κ3) is 3.65. The molecule has 1 saturated carbocycles. The van der Waals surface area contributed by atoms with Crippen molar-refractivity contribution in [2.45, 2.75) is 56.6 Å². The lowest BCUT2D eigenvalue weighted by Gasteiger charge is -2.32. The second-order valence-corrected chi connectivity index (χ2v) is 9.91. The second-order valence-electron chi connectivity index (χ2n) is 9.91. The quantitative estimate of drug-likeness (QED) is 0.457. The van der Waals surface area contributed by atoms with E-state index in [1.54, 1.807) is 0 Å². The highest BCUT2D eigenvalue weighted by Gasteiger charge is 2.39.